The number of ether oxygens (including phenoxy) is 1. The molecular weight excluding hydrogens is 204 g/mol. The molecular formula is C12H18N2O2. The number of hydrogen-bond donors (Lipinski definition) is 2. The summed E-state index contributed by atoms with van der Waals surface area (Å²) in [5.41, 5.74) is 5.66. The van der Waals surface area contributed by atoms with Crippen molar-refractivity contribution < 1.29 is 9.53 Å². The summed E-state index contributed by atoms with van der Waals surface area (Å²) in [5, 5.41) is 3.21. The molecule has 0 spiro atoms. The van der Waals surface area contributed by atoms with Crippen LogP contribution in [0, 0.1) is 0 Å². The van der Waals surface area contributed by atoms with E-state index in [0.717, 1.165) is 19.5 Å². The standard InChI is InChI=1S/C12H18N2O2/c1-2-7-14-8-9-16-11-6-4-3-5-10(11)12(13)15/h3-6,14H,2,7-9H2,1H3,(H2,13,15). The van der Waals surface area contributed by atoms with Crippen LogP contribution in [0.1, 0.15) is 23.7 Å². The SMILES string of the molecule is CCCNCCOc1ccccc1C(N)=O. The van der Waals surface area contributed by atoms with Crippen molar-refractivity contribution in [1.29, 1.82) is 0 Å². The van der Waals surface area contributed by atoms with Crippen LogP contribution in [-0.2, 0) is 0 Å². The number of nitrogens with one attached hydrogen (secondary N) is 1. The highest BCUT2D eigenvalue weighted by Gasteiger charge is 2.07. The number of carbonyl (C=O) groups is 1. The minimum absolute atomic E-state index is 0.429. The molecule has 3 N–H and O–H groups in total. The van der Waals surface area contributed by atoms with E-state index in [9.17, 15) is 4.79 Å². The highest BCUT2D eigenvalue weighted by molar-refractivity contribution is 5.95. The second kappa shape index (κ2) is 6.85. The van der Waals surface area contributed by atoms with Gasteiger partial charge in [-0.25, -0.2) is 0 Å². The van der Waals surface area contributed by atoms with Crippen molar-refractivity contribution in [3.8, 4) is 5.75 Å². The van der Waals surface area contributed by atoms with Crippen molar-refractivity contribution in [1.82, 2.24) is 5.32 Å². The minimum atomic E-state index is -0.461. The topological polar surface area (TPSA) is 64.3 Å². The molecule has 0 aromatic heterocycles. The van der Waals surface area contributed by atoms with Crippen molar-refractivity contribution in [3.63, 3.8) is 0 Å². The molecule has 0 aliphatic carbocycles. The summed E-state index contributed by atoms with van der Waals surface area (Å²) in [6.07, 6.45) is 1.10. The lowest BCUT2D eigenvalue weighted by molar-refractivity contribution is 0.0996. The van der Waals surface area contributed by atoms with Crippen LogP contribution in [0.15, 0.2) is 24.3 Å². The highest BCUT2D eigenvalue weighted by atomic mass is 16.5. The van der Waals surface area contributed by atoms with E-state index < -0.39 is 5.91 Å². The second-order valence-electron chi connectivity index (χ2n) is 3.46. The van der Waals surface area contributed by atoms with Crippen LogP contribution < -0.4 is 15.8 Å². The van der Waals surface area contributed by atoms with Crippen LogP contribution in [0.3, 0.4) is 0 Å². The average Bonchev–Trinajstić information content (AvgIpc) is 2.29. The Balaban J connectivity index is 2.44. The Morgan fingerprint density at radius 1 is 1.38 bits per heavy atom. The lowest BCUT2D eigenvalue weighted by Gasteiger charge is -2.09. The molecule has 88 valence electrons. The fraction of sp³-hybridized carbons (Fsp3) is 0.417. The Labute approximate surface area is 95.8 Å². The van der Waals surface area contributed by atoms with Gasteiger partial charge < -0.3 is 15.8 Å². The predicted molar refractivity (Wildman–Crippen MR) is 63.6 cm³/mol. The maximum absolute atomic E-state index is 11.1. The number of carbonyl (C=O) groups excluding carboxylic acids is 1. The van der Waals surface area contributed by atoms with Gasteiger partial charge in [0.25, 0.3) is 5.91 Å². The third-order valence-electron chi connectivity index (χ3n) is 2.12. The van der Waals surface area contributed by atoms with Gasteiger partial charge in [0, 0.05) is 6.54 Å². The molecule has 0 radical (unpaired) electrons. The van der Waals surface area contributed by atoms with Gasteiger partial charge in [-0.3, -0.25) is 4.79 Å². The third kappa shape index (κ3) is 3.90. The lowest BCUT2D eigenvalue weighted by atomic mass is 10.2. The smallest absolute Gasteiger partial charge is 0.252 e. The number of primary amides is 1. The quantitative estimate of drug-likeness (QED) is 0.680. The molecule has 16 heavy (non-hydrogen) atoms. The van der Waals surface area contributed by atoms with Crippen molar-refractivity contribution >= 4 is 5.91 Å². The molecule has 0 atom stereocenters. The molecule has 1 amide bonds. The maximum atomic E-state index is 11.1. The number of para-hydroxylation sites is 1. The summed E-state index contributed by atoms with van der Waals surface area (Å²) in [4.78, 5) is 11.1. The Bertz CT molecular complexity index is 340. The van der Waals surface area contributed by atoms with Crippen LogP contribution in [0.4, 0.5) is 0 Å². The minimum Gasteiger partial charge on any atom is -0.491 e. The van der Waals surface area contributed by atoms with Gasteiger partial charge in [0.05, 0.1) is 5.56 Å². The molecule has 0 aliphatic heterocycles. The first-order chi connectivity index (χ1) is 7.75. The van der Waals surface area contributed by atoms with Crippen molar-refractivity contribution in [3.05, 3.63) is 29.8 Å². The Kier molecular flexibility index (Phi) is 5.36. The van der Waals surface area contributed by atoms with E-state index in [2.05, 4.69) is 12.2 Å². The molecule has 1 rings (SSSR count). The van der Waals surface area contributed by atoms with Crippen LogP contribution in [0.2, 0.25) is 0 Å². The first-order valence-electron chi connectivity index (χ1n) is 5.48. The molecule has 0 fully saturated rings. The molecule has 0 aliphatic rings. The number of rotatable bonds is 7. The van der Waals surface area contributed by atoms with Crippen LogP contribution in [0.5, 0.6) is 5.75 Å². The fourth-order valence-electron chi connectivity index (χ4n) is 1.33. The van der Waals surface area contributed by atoms with E-state index in [1.54, 1.807) is 18.2 Å². The zero-order valence-corrected chi connectivity index (χ0v) is 9.53. The van der Waals surface area contributed by atoms with E-state index in [0.29, 0.717) is 17.9 Å². The average molecular weight is 222 g/mol. The van der Waals surface area contributed by atoms with E-state index in [-0.39, 0.29) is 0 Å². The molecule has 0 unspecified atom stereocenters. The van der Waals surface area contributed by atoms with Crippen molar-refractivity contribution in [2.75, 3.05) is 19.7 Å². The first-order valence-corrected chi connectivity index (χ1v) is 5.48. The molecule has 4 nitrogen and oxygen atoms in total. The third-order valence-corrected chi connectivity index (χ3v) is 2.12. The molecule has 0 bridgehead atoms. The summed E-state index contributed by atoms with van der Waals surface area (Å²) in [5.74, 6) is 0.0883. The normalized spacial score (nSPS) is 10.1. The summed E-state index contributed by atoms with van der Waals surface area (Å²) in [6, 6.07) is 7.00. The Hall–Kier alpha value is -1.55. The van der Waals surface area contributed by atoms with Gasteiger partial charge >= 0.3 is 0 Å². The molecule has 4 heteroatoms. The summed E-state index contributed by atoms with van der Waals surface area (Å²) in [6.45, 7) is 4.38. The van der Waals surface area contributed by atoms with E-state index in [4.69, 9.17) is 10.5 Å². The Morgan fingerprint density at radius 3 is 2.81 bits per heavy atom. The highest BCUT2D eigenvalue weighted by Crippen LogP contribution is 2.16. The molecule has 0 saturated heterocycles. The van der Waals surface area contributed by atoms with Gasteiger partial charge in [0.2, 0.25) is 0 Å². The zero-order chi connectivity index (χ0) is 11.8. The Morgan fingerprint density at radius 2 is 2.12 bits per heavy atom. The fourth-order valence-corrected chi connectivity index (χ4v) is 1.33. The number of amides is 1. The summed E-state index contributed by atoms with van der Waals surface area (Å²) < 4.78 is 5.48. The van der Waals surface area contributed by atoms with E-state index in [1.165, 1.54) is 0 Å². The van der Waals surface area contributed by atoms with Crippen molar-refractivity contribution in [2.45, 2.75) is 13.3 Å². The summed E-state index contributed by atoms with van der Waals surface area (Å²) in [7, 11) is 0. The summed E-state index contributed by atoms with van der Waals surface area (Å²) >= 11 is 0. The number of nitrogens with two attached hydrogens (primary N) is 1. The van der Waals surface area contributed by atoms with Crippen LogP contribution in [-0.4, -0.2) is 25.6 Å². The molecule has 0 saturated carbocycles. The van der Waals surface area contributed by atoms with Gasteiger partial charge in [0.15, 0.2) is 0 Å². The van der Waals surface area contributed by atoms with Gasteiger partial charge in [-0.1, -0.05) is 19.1 Å². The predicted octanol–water partition coefficient (Wildman–Crippen LogP) is 1.16. The van der Waals surface area contributed by atoms with E-state index >= 15 is 0 Å². The molecule has 0 heterocycles. The maximum Gasteiger partial charge on any atom is 0.252 e. The number of benzene rings is 1. The monoisotopic (exact) mass is 222 g/mol. The van der Waals surface area contributed by atoms with Crippen LogP contribution >= 0.6 is 0 Å². The number of hydrogen-bond acceptors (Lipinski definition) is 3. The largest absolute Gasteiger partial charge is 0.491 e. The molecule has 1 aromatic rings. The van der Waals surface area contributed by atoms with Gasteiger partial charge in [-0.15, -0.1) is 0 Å². The first kappa shape index (κ1) is 12.5. The van der Waals surface area contributed by atoms with Gasteiger partial charge in [-0.05, 0) is 25.1 Å². The van der Waals surface area contributed by atoms with Crippen LogP contribution in [0.25, 0.3) is 0 Å². The van der Waals surface area contributed by atoms with Gasteiger partial charge in [-0.2, -0.15) is 0 Å². The molecule has 1 aromatic carbocycles. The second-order valence-corrected chi connectivity index (χ2v) is 3.46. The lowest BCUT2D eigenvalue weighted by Crippen LogP contribution is -2.22. The van der Waals surface area contributed by atoms with Crippen molar-refractivity contribution in [2.24, 2.45) is 5.73 Å². The van der Waals surface area contributed by atoms with E-state index in [1.807, 2.05) is 6.07 Å². The van der Waals surface area contributed by atoms with Gasteiger partial charge in [0.1, 0.15) is 12.4 Å². The zero-order valence-electron chi connectivity index (χ0n) is 9.53.